The molecule has 2 nitrogen and oxygen atoms in total. The van der Waals surface area contributed by atoms with E-state index in [9.17, 15) is 4.79 Å². The molecule has 0 spiro atoms. The van der Waals surface area contributed by atoms with Gasteiger partial charge in [-0.3, -0.25) is 4.79 Å². The van der Waals surface area contributed by atoms with Crippen molar-refractivity contribution in [3.63, 3.8) is 0 Å². The summed E-state index contributed by atoms with van der Waals surface area (Å²) in [6.45, 7) is 0. The largest absolute Gasteiger partial charge is 0.349 e. The Labute approximate surface area is 158 Å². The third-order valence-corrected chi connectivity index (χ3v) is 6.82. The molecular formula is C21H22ClNOS. The van der Waals surface area contributed by atoms with Gasteiger partial charge in [0.15, 0.2) is 0 Å². The average Bonchev–Trinajstić information content (AvgIpc) is 3.25. The number of hydrogen-bond acceptors (Lipinski definition) is 2. The normalized spacial score (nSPS) is 24.4. The van der Waals surface area contributed by atoms with Crippen LogP contribution in [0, 0.1) is 11.8 Å². The van der Waals surface area contributed by atoms with Crippen LogP contribution in [0.4, 0.5) is 0 Å². The molecule has 2 aliphatic carbocycles. The van der Waals surface area contributed by atoms with Crippen LogP contribution in [0.2, 0.25) is 5.02 Å². The quantitative estimate of drug-likeness (QED) is 0.698. The average molecular weight is 372 g/mol. The molecule has 1 N–H and O–H groups in total. The summed E-state index contributed by atoms with van der Waals surface area (Å²) in [5, 5.41) is 4.01. The number of carbonyl (C=O) groups excluding carboxylic acids is 1. The van der Waals surface area contributed by atoms with E-state index in [4.69, 9.17) is 11.6 Å². The van der Waals surface area contributed by atoms with Gasteiger partial charge in [-0.2, -0.15) is 0 Å². The molecule has 2 fully saturated rings. The minimum atomic E-state index is 0.0782. The number of benzene rings is 2. The molecule has 0 radical (unpaired) electrons. The van der Waals surface area contributed by atoms with Crippen molar-refractivity contribution in [2.75, 3.05) is 0 Å². The second kappa shape index (κ2) is 7.43. The van der Waals surface area contributed by atoms with Gasteiger partial charge in [-0.05, 0) is 73.1 Å². The molecule has 4 rings (SSSR count). The zero-order chi connectivity index (χ0) is 17.2. The first-order chi connectivity index (χ1) is 12.2. The zero-order valence-corrected chi connectivity index (χ0v) is 15.7. The van der Waals surface area contributed by atoms with Gasteiger partial charge in [-0.25, -0.2) is 0 Å². The van der Waals surface area contributed by atoms with E-state index in [1.807, 2.05) is 36.4 Å². The molecule has 0 heterocycles. The number of halogens is 1. The van der Waals surface area contributed by atoms with Crippen molar-refractivity contribution in [2.24, 2.45) is 11.8 Å². The fraction of sp³-hybridized carbons (Fsp3) is 0.381. The third-order valence-electron chi connectivity index (χ3n) is 5.49. The standard InChI is InChI=1S/C21H22ClNOS/c22-18-7-9-19(10-8-18)25-13-14-1-4-16(5-2-14)21(24)23-20-12-15-3-6-17(20)11-15/h1-2,4-5,7-10,15,17,20H,3,6,11-13H2,(H,23,24)/t15-,17+,20-/m0/s1. The van der Waals surface area contributed by atoms with Gasteiger partial charge in [0.05, 0.1) is 0 Å². The van der Waals surface area contributed by atoms with Crippen molar-refractivity contribution in [1.29, 1.82) is 0 Å². The number of hydrogen-bond donors (Lipinski definition) is 1. The molecule has 25 heavy (non-hydrogen) atoms. The van der Waals surface area contributed by atoms with Crippen molar-refractivity contribution in [2.45, 2.75) is 42.4 Å². The van der Waals surface area contributed by atoms with E-state index in [2.05, 4.69) is 17.4 Å². The highest BCUT2D eigenvalue weighted by Crippen LogP contribution is 2.44. The van der Waals surface area contributed by atoms with Crippen molar-refractivity contribution < 1.29 is 4.79 Å². The number of carbonyl (C=O) groups is 1. The number of amides is 1. The maximum absolute atomic E-state index is 12.5. The number of fused-ring (bicyclic) bond motifs is 2. The number of rotatable bonds is 5. The summed E-state index contributed by atoms with van der Waals surface area (Å²) in [4.78, 5) is 13.7. The summed E-state index contributed by atoms with van der Waals surface area (Å²) >= 11 is 7.68. The minimum absolute atomic E-state index is 0.0782. The van der Waals surface area contributed by atoms with Crippen LogP contribution in [0.1, 0.15) is 41.6 Å². The fourth-order valence-electron chi connectivity index (χ4n) is 4.12. The molecule has 2 aromatic rings. The summed E-state index contributed by atoms with van der Waals surface area (Å²) in [7, 11) is 0. The van der Waals surface area contributed by atoms with Crippen LogP contribution in [-0.2, 0) is 5.75 Å². The van der Waals surface area contributed by atoms with Gasteiger partial charge in [0.1, 0.15) is 0 Å². The van der Waals surface area contributed by atoms with Gasteiger partial charge in [-0.1, -0.05) is 30.2 Å². The van der Waals surface area contributed by atoms with E-state index in [0.717, 1.165) is 22.3 Å². The molecule has 0 aromatic heterocycles. The van der Waals surface area contributed by atoms with Crippen molar-refractivity contribution in [1.82, 2.24) is 5.32 Å². The van der Waals surface area contributed by atoms with Crippen LogP contribution in [0.25, 0.3) is 0 Å². The van der Waals surface area contributed by atoms with Crippen molar-refractivity contribution in [3.05, 3.63) is 64.7 Å². The maximum atomic E-state index is 12.5. The van der Waals surface area contributed by atoms with Crippen LogP contribution < -0.4 is 5.32 Å². The maximum Gasteiger partial charge on any atom is 0.251 e. The van der Waals surface area contributed by atoms with E-state index in [0.29, 0.717) is 12.0 Å². The van der Waals surface area contributed by atoms with E-state index in [1.165, 1.54) is 36.1 Å². The monoisotopic (exact) mass is 371 g/mol. The summed E-state index contributed by atoms with van der Waals surface area (Å²) in [5.74, 6) is 2.52. The summed E-state index contributed by atoms with van der Waals surface area (Å²) in [5.41, 5.74) is 1.99. The molecule has 2 aromatic carbocycles. The number of nitrogens with one attached hydrogen (secondary N) is 1. The highest BCUT2D eigenvalue weighted by atomic mass is 35.5. The highest BCUT2D eigenvalue weighted by Gasteiger charge is 2.40. The smallest absolute Gasteiger partial charge is 0.251 e. The van der Waals surface area contributed by atoms with Crippen LogP contribution in [0.15, 0.2) is 53.4 Å². The SMILES string of the molecule is O=C(N[C@H]1C[C@H]2CC[C@@H]1C2)c1ccc(CSc2ccc(Cl)cc2)cc1. The fourth-order valence-corrected chi connectivity index (χ4v) is 5.10. The topological polar surface area (TPSA) is 29.1 Å². The highest BCUT2D eigenvalue weighted by molar-refractivity contribution is 7.98. The van der Waals surface area contributed by atoms with E-state index in [-0.39, 0.29) is 5.91 Å². The molecule has 0 aliphatic heterocycles. The molecule has 2 bridgehead atoms. The Kier molecular flexibility index (Phi) is 5.05. The Morgan fingerprint density at radius 3 is 2.44 bits per heavy atom. The zero-order valence-electron chi connectivity index (χ0n) is 14.1. The number of thioether (sulfide) groups is 1. The predicted molar refractivity (Wildman–Crippen MR) is 104 cm³/mol. The van der Waals surface area contributed by atoms with Crippen molar-refractivity contribution in [3.8, 4) is 0 Å². The summed E-state index contributed by atoms with van der Waals surface area (Å²) in [6.07, 6.45) is 5.13. The van der Waals surface area contributed by atoms with Crippen LogP contribution in [-0.4, -0.2) is 11.9 Å². The predicted octanol–water partition coefficient (Wildman–Crippen LogP) is 5.55. The van der Waals surface area contributed by atoms with Crippen LogP contribution >= 0.6 is 23.4 Å². The van der Waals surface area contributed by atoms with Gasteiger partial charge < -0.3 is 5.32 Å². The molecule has 0 saturated heterocycles. The van der Waals surface area contributed by atoms with Gasteiger partial charge >= 0.3 is 0 Å². The van der Waals surface area contributed by atoms with Gasteiger partial charge in [0.2, 0.25) is 0 Å². The first-order valence-corrected chi connectivity index (χ1v) is 10.3. The molecule has 2 saturated carbocycles. The Hall–Kier alpha value is -1.45. The van der Waals surface area contributed by atoms with Crippen LogP contribution in [0.5, 0.6) is 0 Å². The summed E-state index contributed by atoms with van der Waals surface area (Å²) < 4.78 is 0. The lowest BCUT2D eigenvalue weighted by atomic mass is 9.95. The first kappa shape index (κ1) is 17.0. The van der Waals surface area contributed by atoms with Crippen molar-refractivity contribution >= 4 is 29.3 Å². The molecule has 4 heteroatoms. The van der Waals surface area contributed by atoms with Crippen LogP contribution in [0.3, 0.4) is 0 Å². The Bertz CT molecular complexity index is 743. The van der Waals surface area contributed by atoms with E-state index < -0.39 is 0 Å². The van der Waals surface area contributed by atoms with Gasteiger partial charge in [0, 0.05) is 27.3 Å². The second-order valence-electron chi connectivity index (χ2n) is 7.19. The molecular weight excluding hydrogens is 350 g/mol. The molecule has 0 unspecified atom stereocenters. The van der Waals surface area contributed by atoms with E-state index >= 15 is 0 Å². The molecule has 1 amide bonds. The molecule has 2 aliphatic rings. The third kappa shape index (κ3) is 4.04. The molecule has 130 valence electrons. The Morgan fingerprint density at radius 2 is 1.80 bits per heavy atom. The molecule has 3 atom stereocenters. The Morgan fingerprint density at radius 1 is 1.04 bits per heavy atom. The lowest BCUT2D eigenvalue weighted by Gasteiger charge is -2.22. The second-order valence-corrected chi connectivity index (χ2v) is 8.68. The van der Waals surface area contributed by atoms with Gasteiger partial charge in [-0.15, -0.1) is 11.8 Å². The van der Waals surface area contributed by atoms with Gasteiger partial charge in [0.25, 0.3) is 5.91 Å². The summed E-state index contributed by atoms with van der Waals surface area (Å²) in [6, 6.07) is 16.3. The first-order valence-electron chi connectivity index (χ1n) is 8.95. The minimum Gasteiger partial charge on any atom is -0.349 e. The van der Waals surface area contributed by atoms with E-state index in [1.54, 1.807) is 11.8 Å². The Balaban J connectivity index is 1.31. The lowest BCUT2D eigenvalue weighted by molar-refractivity contribution is 0.0923. The lowest BCUT2D eigenvalue weighted by Crippen LogP contribution is -2.38.